The Morgan fingerprint density at radius 1 is 1.26 bits per heavy atom. The van der Waals surface area contributed by atoms with Crippen molar-refractivity contribution < 1.29 is 8.42 Å². The van der Waals surface area contributed by atoms with E-state index in [0.717, 1.165) is 18.8 Å². The molecule has 19 heavy (non-hydrogen) atoms. The minimum Gasteiger partial charge on any atom is -0.313 e. The number of nitrogens with zero attached hydrogens (tertiary/aromatic N) is 1. The van der Waals surface area contributed by atoms with Crippen molar-refractivity contribution in [1.29, 1.82) is 0 Å². The Bertz CT molecular complexity index is 341. The molecule has 1 saturated heterocycles. The molecule has 1 unspecified atom stereocenters. The smallest absolute Gasteiger partial charge is 0.215 e. The van der Waals surface area contributed by atoms with Crippen LogP contribution in [0.3, 0.4) is 0 Å². The maximum absolute atomic E-state index is 12.3. The molecular formula is C14H30N2O2S. The molecule has 1 fully saturated rings. The number of hydrogen-bond donors (Lipinski definition) is 1. The number of hydrogen-bond acceptors (Lipinski definition) is 3. The molecule has 0 aliphatic carbocycles. The summed E-state index contributed by atoms with van der Waals surface area (Å²) in [5, 5.41) is 3.18. The van der Waals surface area contributed by atoms with Crippen molar-refractivity contribution >= 4 is 10.0 Å². The van der Waals surface area contributed by atoms with Gasteiger partial charge in [0, 0.05) is 25.7 Å². The van der Waals surface area contributed by atoms with Crippen molar-refractivity contribution in [2.75, 3.05) is 25.4 Å². The summed E-state index contributed by atoms with van der Waals surface area (Å²) in [5.41, 5.74) is 0. The first-order valence-electron chi connectivity index (χ1n) is 7.67. The monoisotopic (exact) mass is 290 g/mol. The van der Waals surface area contributed by atoms with E-state index in [2.05, 4.69) is 12.2 Å². The van der Waals surface area contributed by atoms with Crippen molar-refractivity contribution in [2.45, 2.75) is 58.9 Å². The van der Waals surface area contributed by atoms with Gasteiger partial charge >= 0.3 is 0 Å². The van der Waals surface area contributed by atoms with Gasteiger partial charge in [0.2, 0.25) is 10.0 Å². The lowest BCUT2D eigenvalue weighted by Crippen LogP contribution is -2.38. The van der Waals surface area contributed by atoms with Gasteiger partial charge in [0.25, 0.3) is 0 Å². The van der Waals surface area contributed by atoms with Gasteiger partial charge in [-0.15, -0.1) is 0 Å². The van der Waals surface area contributed by atoms with Crippen LogP contribution >= 0.6 is 0 Å². The third kappa shape index (κ3) is 6.23. The van der Waals surface area contributed by atoms with E-state index in [1.165, 1.54) is 19.3 Å². The van der Waals surface area contributed by atoms with E-state index < -0.39 is 10.0 Å². The zero-order valence-corrected chi connectivity index (χ0v) is 13.5. The maximum Gasteiger partial charge on any atom is 0.215 e. The Labute approximate surface area is 119 Å². The average Bonchev–Trinajstić information content (AvgIpc) is 2.55. The number of sulfonamides is 1. The Kier molecular flexibility index (Phi) is 7.32. The molecule has 1 N–H and O–H groups in total. The summed E-state index contributed by atoms with van der Waals surface area (Å²) in [7, 11) is -3.07. The Morgan fingerprint density at radius 3 is 2.63 bits per heavy atom. The van der Waals surface area contributed by atoms with Crippen LogP contribution in [0.2, 0.25) is 0 Å². The second-order valence-corrected chi connectivity index (χ2v) is 8.00. The van der Waals surface area contributed by atoms with E-state index in [9.17, 15) is 8.42 Å². The number of nitrogens with one attached hydrogen (secondary N) is 1. The van der Waals surface area contributed by atoms with Crippen LogP contribution in [-0.4, -0.2) is 44.2 Å². The van der Waals surface area contributed by atoms with Crippen LogP contribution in [0.15, 0.2) is 0 Å². The molecule has 0 aromatic heterocycles. The second kappa shape index (κ2) is 8.22. The van der Waals surface area contributed by atoms with Crippen molar-refractivity contribution in [3.05, 3.63) is 0 Å². The second-order valence-electron chi connectivity index (χ2n) is 5.91. The lowest BCUT2D eigenvalue weighted by atomic mass is 9.96. The summed E-state index contributed by atoms with van der Waals surface area (Å²) in [6.07, 6.45) is 5.68. The minimum atomic E-state index is -3.07. The first-order valence-corrected chi connectivity index (χ1v) is 9.27. The van der Waals surface area contributed by atoms with Crippen LogP contribution in [-0.2, 0) is 10.0 Å². The summed E-state index contributed by atoms with van der Waals surface area (Å²) in [4.78, 5) is 0. The van der Waals surface area contributed by atoms with Gasteiger partial charge in [-0.25, -0.2) is 12.7 Å². The molecule has 1 aliphatic heterocycles. The Balaban J connectivity index is 2.45. The summed E-state index contributed by atoms with van der Waals surface area (Å²) in [6, 6.07) is 0.341. The molecule has 5 heteroatoms. The molecule has 4 nitrogen and oxygen atoms in total. The third-order valence-electron chi connectivity index (χ3n) is 3.81. The van der Waals surface area contributed by atoms with Gasteiger partial charge in [0.05, 0.1) is 5.75 Å². The Morgan fingerprint density at radius 2 is 2.00 bits per heavy atom. The molecule has 0 saturated carbocycles. The fraction of sp³-hybridized carbons (Fsp3) is 1.00. The molecule has 0 aromatic carbocycles. The van der Waals surface area contributed by atoms with E-state index in [1.807, 2.05) is 13.8 Å². The molecule has 0 aromatic rings. The van der Waals surface area contributed by atoms with Gasteiger partial charge in [0.15, 0.2) is 0 Å². The predicted molar refractivity (Wildman–Crippen MR) is 80.7 cm³/mol. The zero-order valence-electron chi connectivity index (χ0n) is 12.7. The van der Waals surface area contributed by atoms with Crippen LogP contribution < -0.4 is 5.32 Å². The van der Waals surface area contributed by atoms with E-state index in [0.29, 0.717) is 25.7 Å². The van der Waals surface area contributed by atoms with Gasteiger partial charge < -0.3 is 5.32 Å². The van der Waals surface area contributed by atoms with Crippen LogP contribution in [0.1, 0.15) is 52.9 Å². The largest absolute Gasteiger partial charge is 0.313 e. The Hall–Kier alpha value is -0.130. The van der Waals surface area contributed by atoms with Gasteiger partial charge in [-0.1, -0.05) is 33.6 Å². The van der Waals surface area contributed by atoms with E-state index >= 15 is 0 Å². The van der Waals surface area contributed by atoms with E-state index in [-0.39, 0.29) is 5.75 Å². The summed E-state index contributed by atoms with van der Waals surface area (Å²) < 4.78 is 26.3. The fourth-order valence-electron chi connectivity index (χ4n) is 2.72. The highest BCUT2D eigenvalue weighted by atomic mass is 32.2. The SMILES string of the molecule is CCCC1CCCN(S(=O)(=O)CCNC(C)C)CC1. The standard InChI is InChI=1S/C14H30N2O2S/c1-4-6-14-7-5-10-16(11-8-14)19(17,18)12-9-15-13(2)3/h13-15H,4-12H2,1-3H3. The minimum absolute atomic E-state index is 0.226. The van der Waals surface area contributed by atoms with E-state index in [4.69, 9.17) is 0 Å². The van der Waals surface area contributed by atoms with E-state index in [1.54, 1.807) is 4.31 Å². The molecule has 1 rings (SSSR count). The molecule has 1 heterocycles. The molecule has 114 valence electrons. The van der Waals surface area contributed by atoms with Crippen molar-refractivity contribution in [3.63, 3.8) is 0 Å². The first kappa shape index (κ1) is 16.9. The first-order chi connectivity index (χ1) is 8.95. The normalized spacial score (nSPS) is 22.6. The van der Waals surface area contributed by atoms with Crippen molar-refractivity contribution in [2.24, 2.45) is 5.92 Å². The van der Waals surface area contributed by atoms with Crippen molar-refractivity contribution in [3.8, 4) is 0 Å². The molecule has 0 spiro atoms. The molecule has 0 amide bonds. The van der Waals surface area contributed by atoms with Gasteiger partial charge in [-0.2, -0.15) is 0 Å². The molecular weight excluding hydrogens is 260 g/mol. The third-order valence-corrected chi connectivity index (χ3v) is 5.68. The quantitative estimate of drug-likeness (QED) is 0.782. The van der Waals surface area contributed by atoms with Crippen LogP contribution in [0.4, 0.5) is 0 Å². The number of rotatable bonds is 7. The molecule has 0 bridgehead atoms. The maximum atomic E-state index is 12.3. The summed E-state index contributed by atoms with van der Waals surface area (Å²) in [5.74, 6) is 0.947. The average molecular weight is 290 g/mol. The fourth-order valence-corrected chi connectivity index (χ4v) is 4.14. The summed E-state index contributed by atoms with van der Waals surface area (Å²) in [6.45, 7) is 8.26. The molecule has 1 atom stereocenters. The van der Waals surface area contributed by atoms with Gasteiger partial charge in [-0.05, 0) is 25.2 Å². The predicted octanol–water partition coefficient (Wildman–Crippen LogP) is 2.22. The molecule has 1 aliphatic rings. The highest BCUT2D eigenvalue weighted by Crippen LogP contribution is 2.23. The summed E-state index contributed by atoms with van der Waals surface area (Å²) >= 11 is 0. The van der Waals surface area contributed by atoms with Crippen molar-refractivity contribution in [1.82, 2.24) is 9.62 Å². The lowest BCUT2D eigenvalue weighted by molar-refractivity contribution is 0.399. The van der Waals surface area contributed by atoms with Crippen LogP contribution in [0.25, 0.3) is 0 Å². The van der Waals surface area contributed by atoms with Crippen LogP contribution in [0, 0.1) is 5.92 Å². The molecule has 0 radical (unpaired) electrons. The van der Waals surface area contributed by atoms with Gasteiger partial charge in [0.1, 0.15) is 0 Å². The zero-order chi connectivity index (χ0) is 14.3. The van der Waals surface area contributed by atoms with Crippen LogP contribution in [0.5, 0.6) is 0 Å². The highest BCUT2D eigenvalue weighted by molar-refractivity contribution is 7.89. The topological polar surface area (TPSA) is 49.4 Å². The highest BCUT2D eigenvalue weighted by Gasteiger charge is 2.25. The van der Waals surface area contributed by atoms with Gasteiger partial charge in [-0.3, -0.25) is 0 Å². The lowest BCUT2D eigenvalue weighted by Gasteiger charge is -2.20.